The van der Waals surface area contributed by atoms with Crippen LogP contribution in [0.5, 0.6) is 5.75 Å². The van der Waals surface area contributed by atoms with Crippen LogP contribution in [0, 0.1) is 5.92 Å². The standard InChI is InChI=1S/C15H24O2/c1-3-6-13(2)9-10-14-7-4-5-8-15(14)17-12-11-16/h4-5,7-8,13,16H,3,6,9-12H2,1-2H3/t13-/m0/s1. The first-order valence-corrected chi connectivity index (χ1v) is 6.59. The number of hydrogen-bond acceptors (Lipinski definition) is 2. The number of para-hydroxylation sites is 1. The summed E-state index contributed by atoms with van der Waals surface area (Å²) in [5, 5.41) is 8.78. The van der Waals surface area contributed by atoms with Crippen LogP contribution in [0.4, 0.5) is 0 Å². The van der Waals surface area contributed by atoms with Crippen molar-refractivity contribution in [3.8, 4) is 5.75 Å². The van der Waals surface area contributed by atoms with E-state index in [-0.39, 0.29) is 6.61 Å². The van der Waals surface area contributed by atoms with Crippen molar-refractivity contribution in [3.05, 3.63) is 29.8 Å². The van der Waals surface area contributed by atoms with Crippen molar-refractivity contribution in [2.75, 3.05) is 13.2 Å². The summed E-state index contributed by atoms with van der Waals surface area (Å²) < 4.78 is 5.53. The molecular formula is C15H24O2. The third kappa shape index (κ3) is 5.22. The maximum Gasteiger partial charge on any atom is 0.122 e. The highest BCUT2D eigenvalue weighted by Crippen LogP contribution is 2.22. The molecule has 0 amide bonds. The first kappa shape index (κ1) is 14.0. The van der Waals surface area contributed by atoms with Crippen molar-refractivity contribution in [1.29, 1.82) is 0 Å². The van der Waals surface area contributed by atoms with Crippen LogP contribution in [0.2, 0.25) is 0 Å². The molecule has 1 aromatic rings. The van der Waals surface area contributed by atoms with Crippen LogP contribution in [-0.2, 0) is 6.42 Å². The third-order valence-electron chi connectivity index (χ3n) is 3.01. The van der Waals surface area contributed by atoms with Gasteiger partial charge >= 0.3 is 0 Å². The monoisotopic (exact) mass is 236 g/mol. The summed E-state index contributed by atoms with van der Waals surface area (Å²) in [5.41, 5.74) is 1.25. The van der Waals surface area contributed by atoms with Crippen LogP contribution in [0.25, 0.3) is 0 Å². The zero-order chi connectivity index (χ0) is 12.5. The Morgan fingerprint density at radius 1 is 1.24 bits per heavy atom. The lowest BCUT2D eigenvalue weighted by Crippen LogP contribution is -2.04. The zero-order valence-electron chi connectivity index (χ0n) is 11.0. The number of aryl methyl sites for hydroxylation is 1. The number of aliphatic hydroxyl groups excluding tert-OH is 1. The Bertz CT molecular complexity index is 310. The molecule has 0 saturated carbocycles. The maximum absolute atomic E-state index is 8.78. The molecule has 0 bridgehead atoms. The number of hydrogen-bond donors (Lipinski definition) is 1. The van der Waals surface area contributed by atoms with Crippen molar-refractivity contribution in [2.45, 2.75) is 39.5 Å². The minimum absolute atomic E-state index is 0.0700. The highest BCUT2D eigenvalue weighted by molar-refractivity contribution is 5.33. The van der Waals surface area contributed by atoms with Gasteiger partial charge < -0.3 is 9.84 Å². The molecule has 1 aromatic carbocycles. The fourth-order valence-corrected chi connectivity index (χ4v) is 2.05. The van der Waals surface area contributed by atoms with Crippen molar-refractivity contribution in [2.24, 2.45) is 5.92 Å². The lowest BCUT2D eigenvalue weighted by atomic mass is 9.97. The van der Waals surface area contributed by atoms with E-state index in [1.165, 1.54) is 24.8 Å². The summed E-state index contributed by atoms with van der Waals surface area (Å²) >= 11 is 0. The Hall–Kier alpha value is -1.02. The first-order chi connectivity index (χ1) is 8.27. The molecule has 0 unspecified atom stereocenters. The van der Waals surface area contributed by atoms with Crippen LogP contribution in [0.3, 0.4) is 0 Å². The fourth-order valence-electron chi connectivity index (χ4n) is 2.05. The second-order valence-electron chi connectivity index (χ2n) is 4.61. The molecule has 1 atom stereocenters. The second kappa shape index (κ2) is 8.13. The molecule has 0 saturated heterocycles. The number of aliphatic hydroxyl groups is 1. The molecule has 0 aromatic heterocycles. The largest absolute Gasteiger partial charge is 0.491 e. The molecule has 0 radical (unpaired) electrons. The molecule has 0 fully saturated rings. The molecule has 2 nitrogen and oxygen atoms in total. The van der Waals surface area contributed by atoms with E-state index in [9.17, 15) is 0 Å². The van der Waals surface area contributed by atoms with Gasteiger partial charge in [-0.1, -0.05) is 44.9 Å². The molecule has 0 heterocycles. The van der Waals surface area contributed by atoms with Gasteiger partial charge in [-0.15, -0.1) is 0 Å². The summed E-state index contributed by atoms with van der Waals surface area (Å²) in [4.78, 5) is 0. The van der Waals surface area contributed by atoms with E-state index in [0.717, 1.165) is 18.1 Å². The average Bonchev–Trinajstić information content (AvgIpc) is 2.35. The highest BCUT2D eigenvalue weighted by atomic mass is 16.5. The zero-order valence-corrected chi connectivity index (χ0v) is 11.0. The quantitative estimate of drug-likeness (QED) is 0.749. The van der Waals surface area contributed by atoms with E-state index in [2.05, 4.69) is 19.9 Å². The molecular weight excluding hydrogens is 212 g/mol. The lowest BCUT2D eigenvalue weighted by Gasteiger charge is -2.13. The van der Waals surface area contributed by atoms with Crippen LogP contribution in [0.1, 0.15) is 38.7 Å². The predicted molar refractivity (Wildman–Crippen MR) is 71.4 cm³/mol. The van der Waals surface area contributed by atoms with E-state index in [0.29, 0.717) is 6.61 Å². The Kier molecular flexibility index (Phi) is 6.71. The molecule has 0 aliphatic heterocycles. The Balaban J connectivity index is 2.51. The minimum Gasteiger partial charge on any atom is -0.491 e. The SMILES string of the molecule is CCC[C@H](C)CCc1ccccc1OCCO. The van der Waals surface area contributed by atoms with Gasteiger partial charge in [-0.3, -0.25) is 0 Å². The molecule has 17 heavy (non-hydrogen) atoms. The molecule has 0 aliphatic rings. The van der Waals surface area contributed by atoms with Crippen LogP contribution in [-0.4, -0.2) is 18.3 Å². The lowest BCUT2D eigenvalue weighted by molar-refractivity contribution is 0.200. The van der Waals surface area contributed by atoms with Gasteiger partial charge in [0.25, 0.3) is 0 Å². The topological polar surface area (TPSA) is 29.5 Å². The Morgan fingerprint density at radius 2 is 2.00 bits per heavy atom. The van der Waals surface area contributed by atoms with E-state index >= 15 is 0 Å². The molecule has 1 N–H and O–H groups in total. The van der Waals surface area contributed by atoms with Crippen molar-refractivity contribution in [1.82, 2.24) is 0 Å². The van der Waals surface area contributed by atoms with E-state index in [4.69, 9.17) is 9.84 Å². The first-order valence-electron chi connectivity index (χ1n) is 6.59. The van der Waals surface area contributed by atoms with Crippen LogP contribution >= 0.6 is 0 Å². The average molecular weight is 236 g/mol. The Labute approximate surface area is 105 Å². The molecule has 96 valence electrons. The summed E-state index contributed by atoms with van der Waals surface area (Å²) in [7, 11) is 0. The van der Waals surface area contributed by atoms with Gasteiger partial charge in [0.2, 0.25) is 0 Å². The fraction of sp³-hybridized carbons (Fsp3) is 0.600. The summed E-state index contributed by atoms with van der Waals surface area (Å²) in [6.45, 7) is 4.98. The molecule has 0 aliphatic carbocycles. The smallest absolute Gasteiger partial charge is 0.122 e. The van der Waals surface area contributed by atoms with Gasteiger partial charge in [0.05, 0.1) is 6.61 Å². The van der Waals surface area contributed by atoms with Gasteiger partial charge in [0.1, 0.15) is 12.4 Å². The van der Waals surface area contributed by atoms with Gasteiger partial charge in [0, 0.05) is 0 Å². The van der Waals surface area contributed by atoms with Gasteiger partial charge in [-0.05, 0) is 30.4 Å². The van der Waals surface area contributed by atoms with Crippen molar-refractivity contribution < 1.29 is 9.84 Å². The van der Waals surface area contributed by atoms with Gasteiger partial charge in [0.15, 0.2) is 0 Å². The van der Waals surface area contributed by atoms with Crippen molar-refractivity contribution in [3.63, 3.8) is 0 Å². The van der Waals surface area contributed by atoms with E-state index < -0.39 is 0 Å². The molecule has 1 rings (SSSR count). The summed E-state index contributed by atoms with van der Waals surface area (Å²) in [5.74, 6) is 1.69. The van der Waals surface area contributed by atoms with E-state index in [1.807, 2.05) is 18.2 Å². The normalized spacial score (nSPS) is 12.4. The van der Waals surface area contributed by atoms with E-state index in [1.54, 1.807) is 0 Å². The number of ether oxygens (including phenoxy) is 1. The maximum atomic E-state index is 8.78. The Morgan fingerprint density at radius 3 is 2.71 bits per heavy atom. The minimum atomic E-state index is 0.0700. The molecule has 0 spiro atoms. The number of rotatable bonds is 8. The second-order valence-corrected chi connectivity index (χ2v) is 4.61. The number of benzene rings is 1. The molecule has 2 heteroatoms. The van der Waals surface area contributed by atoms with Gasteiger partial charge in [-0.25, -0.2) is 0 Å². The van der Waals surface area contributed by atoms with Crippen LogP contribution in [0.15, 0.2) is 24.3 Å². The van der Waals surface area contributed by atoms with Crippen molar-refractivity contribution >= 4 is 0 Å². The van der Waals surface area contributed by atoms with Crippen LogP contribution < -0.4 is 4.74 Å². The van der Waals surface area contributed by atoms with Gasteiger partial charge in [-0.2, -0.15) is 0 Å². The summed E-state index contributed by atoms with van der Waals surface area (Å²) in [6.07, 6.45) is 4.81. The summed E-state index contributed by atoms with van der Waals surface area (Å²) in [6, 6.07) is 8.12. The third-order valence-corrected chi connectivity index (χ3v) is 3.01. The highest BCUT2D eigenvalue weighted by Gasteiger charge is 2.06. The predicted octanol–water partition coefficient (Wildman–Crippen LogP) is 3.43.